The number of fused-ring (bicyclic) bond motifs is 2. The third-order valence-electron chi connectivity index (χ3n) is 4.39. The Labute approximate surface area is 111 Å². The minimum atomic E-state index is 0.476. The van der Waals surface area contributed by atoms with Crippen LogP contribution in [0.15, 0.2) is 18.5 Å². The number of rotatable bonds is 2. The number of nitrogens with zero attached hydrogens (tertiary/aromatic N) is 5. The van der Waals surface area contributed by atoms with Crippen LogP contribution in [0.1, 0.15) is 25.7 Å². The summed E-state index contributed by atoms with van der Waals surface area (Å²) in [7, 11) is 0. The zero-order valence-corrected chi connectivity index (χ0v) is 10.9. The Kier molecular flexibility index (Phi) is 2.61. The second-order valence-electron chi connectivity index (χ2n) is 5.47. The minimum absolute atomic E-state index is 0.476. The summed E-state index contributed by atoms with van der Waals surface area (Å²) in [6, 6.07) is 3.08. The SMILES string of the molecule is c1cc2cnnc(N[C@H]3CCN4CCCC[C@H]34)n2n1. The largest absolute Gasteiger partial charge is 0.349 e. The van der Waals surface area contributed by atoms with Crippen molar-refractivity contribution in [1.29, 1.82) is 0 Å². The molecular formula is C13H18N6. The molecular weight excluding hydrogens is 240 g/mol. The lowest BCUT2D eigenvalue weighted by molar-refractivity contribution is 0.192. The number of hydrogen-bond donors (Lipinski definition) is 1. The first-order chi connectivity index (χ1) is 9.42. The first kappa shape index (κ1) is 11.2. The molecule has 2 aliphatic heterocycles. The summed E-state index contributed by atoms with van der Waals surface area (Å²) < 4.78 is 1.83. The zero-order valence-electron chi connectivity index (χ0n) is 10.9. The fourth-order valence-electron chi connectivity index (χ4n) is 3.44. The third kappa shape index (κ3) is 1.87. The molecule has 4 rings (SSSR count). The van der Waals surface area contributed by atoms with Crippen LogP contribution in [0.5, 0.6) is 0 Å². The Morgan fingerprint density at radius 1 is 1.21 bits per heavy atom. The van der Waals surface area contributed by atoms with Crippen LogP contribution < -0.4 is 5.32 Å². The van der Waals surface area contributed by atoms with Gasteiger partial charge in [-0.1, -0.05) is 6.42 Å². The predicted molar refractivity (Wildman–Crippen MR) is 72.0 cm³/mol. The van der Waals surface area contributed by atoms with Gasteiger partial charge >= 0.3 is 0 Å². The molecule has 0 spiro atoms. The Morgan fingerprint density at radius 2 is 2.21 bits per heavy atom. The van der Waals surface area contributed by atoms with Gasteiger partial charge in [0.25, 0.3) is 0 Å². The molecule has 4 heterocycles. The van der Waals surface area contributed by atoms with E-state index in [0.29, 0.717) is 12.1 Å². The van der Waals surface area contributed by atoms with Crippen molar-refractivity contribution in [2.75, 3.05) is 18.4 Å². The van der Waals surface area contributed by atoms with Crippen molar-refractivity contribution in [1.82, 2.24) is 24.7 Å². The normalized spacial score (nSPS) is 27.6. The number of nitrogens with one attached hydrogen (secondary N) is 1. The predicted octanol–water partition coefficient (Wildman–Crippen LogP) is 1.16. The van der Waals surface area contributed by atoms with Crippen LogP contribution in [0.4, 0.5) is 5.95 Å². The van der Waals surface area contributed by atoms with Crippen molar-refractivity contribution in [2.45, 2.75) is 37.8 Å². The van der Waals surface area contributed by atoms with E-state index in [4.69, 9.17) is 0 Å². The van der Waals surface area contributed by atoms with Crippen LogP contribution >= 0.6 is 0 Å². The van der Waals surface area contributed by atoms with Crippen molar-refractivity contribution < 1.29 is 0 Å². The number of aromatic nitrogens is 4. The van der Waals surface area contributed by atoms with Crippen LogP contribution in [0.2, 0.25) is 0 Å². The maximum absolute atomic E-state index is 4.30. The van der Waals surface area contributed by atoms with E-state index in [1.165, 1.54) is 38.8 Å². The van der Waals surface area contributed by atoms with Crippen LogP contribution in [0, 0.1) is 0 Å². The monoisotopic (exact) mass is 258 g/mol. The highest BCUT2D eigenvalue weighted by Crippen LogP contribution is 2.28. The lowest BCUT2D eigenvalue weighted by atomic mass is 9.99. The van der Waals surface area contributed by atoms with E-state index in [9.17, 15) is 0 Å². The number of hydrogen-bond acceptors (Lipinski definition) is 5. The summed E-state index contributed by atoms with van der Waals surface area (Å²) in [6.45, 7) is 2.45. The molecule has 0 amide bonds. The molecule has 0 bridgehead atoms. The van der Waals surface area contributed by atoms with E-state index in [0.717, 1.165) is 11.5 Å². The van der Waals surface area contributed by atoms with E-state index in [1.807, 2.05) is 10.6 Å². The molecule has 0 radical (unpaired) electrons. The number of anilines is 1. The summed E-state index contributed by atoms with van der Waals surface area (Å²) in [5, 5.41) is 16.1. The van der Waals surface area contributed by atoms with Crippen molar-refractivity contribution in [3.63, 3.8) is 0 Å². The van der Waals surface area contributed by atoms with Gasteiger partial charge < -0.3 is 5.32 Å². The Morgan fingerprint density at radius 3 is 3.21 bits per heavy atom. The van der Waals surface area contributed by atoms with Gasteiger partial charge in [-0.25, -0.2) is 0 Å². The highest BCUT2D eigenvalue weighted by molar-refractivity contribution is 5.47. The second kappa shape index (κ2) is 4.45. The quantitative estimate of drug-likeness (QED) is 0.876. The fraction of sp³-hybridized carbons (Fsp3) is 0.615. The molecule has 0 unspecified atom stereocenters. The molecule has 2 saturated heterocycles. The average molecular weight is 258 g/mol. The zero-order chi connectivity index (χ0) is 12.7. The maximum atomic E-state index is 4.30. The maximum Gasteiger partial charge on any atom is 0.244 e. The molecule has 19 heavy (non-hydrogen) atoms. The summed E-state index contributed by atoms with van der Waals surface area (Å²) in [5.41, 5.74) is 0.982. The highest BCUT2D eigenvalue weighted by Gasteiger charge is 2.35. The van der Waals surface area contributed by atoms with Crippen LogP contribution in [-0.4, -0.2) is 49.9 Å². The van der Waals surface area contributed by atoms with Gasteiger partial charge in [-0.2, -0.15) is 14.7 Å². The average Bonchev–Trinajstić information content (AvgIpc) is 3.06. The summed E-state index contributed by atoms with van der Waals surface area (Å²) >= 11 is 0. The van der Waals surface area contributed by atoms with Crippen LogP contribution in [0.25, 0.3) is 5.52 Å². The van der Waals surface area contributed by atoms with E-state index in [2.05, 4.69) is 25.5 Å². The molecule has 2 aromatic rings. The lowest BCUT2D eigenvalue weighted by Crippen LogP contribution is -2.42. The molecule has 0 aliphatic carbocycles. The van der Waals surface area contributed by atoms with Gasteiger partial charge in [-0.3, -0.25) is 4.90 Å². The number of piperidine rings is 1. The minimum Gasteiger partial charge on any atom is -0.349 e. The van der Waals surface area contributed by atoms with E-state index >= 15 is 0 Å². The summed E-state index contributed by atoms with van der Waals surface area (Å²) in [6.07, 6.45) is 8.68. The van der Waals surface area contributed by atoms with Gasteiger partial charge in [0.1, 0.15) is 0 Å². The summed E-state index contributed by atoms with van der Waals surface area (Å²) in [5.74, 6) is 0.764. The fourth-order valence-corrected chi connectivity index (χ4v) is 3.44. The molecule has 0 saturated carbocycles. The van der Waals surface area contributed by atoms with Crippen molar-refractivity contribution in [2.24, 2.45) is 0 Å². The Balaban J connectivity index is 1.59. The van der Waals surface area contributed by atoms with Gasteiger partial charge in [-0.05, 0) is 31.9 Å². The standard InChI is InChI=1S/C13H18N6/c1-2-7-18-8-5-11(12(18)3-1)16-13-17-14-9-10-4-6-15-19(10)13/h4,6,9,11-12H,1-3,5,7-8H2,(H,16,17)/t11-,12+/m0/s1. The van der Waals surface area contributed by atoms with Gasteiger partial charge in [0.05, 0.1) is 17.9 Å². The molecule has 1 N–H and O–H groups in total. The first-order valence-corrected chi connectivity index (χ1v) is 7.08. The molecule has 6 nitrogen and oxygen atoms in total. The summed E-state index contributed by atoms with van der Waals surface area (Å²) in [4.78, 5) is 2.61. The van der Waals surface area contributed by atoms with Crippen molar-refractivity contribution in [3.8, 4) is 0 Å². The van der Waals surface area contributed by atoms with E-state index in [-0.39, 0.29) is 0 Å². The Hall–Kier alpha value is -1.69. The second-order valence-corrected chi connectivity index (χ2v) is 5.47. The molecule has 2 fully saturated rings. The smallest absolute Gasteiger partial charge is 0.244 e. The van der Waals surface area contributed by atoms with Crippen molar-refractivity contribution in [3.05, 3.63) is 18.5 Å². The van der Waals surface area contributed by atoms with Gasteiger partial charge in [0.2, 0.25) is 5.95 Å². The molecule has 2 atom stereocenters. The van der Waals surface area contributed by atoms with Crippen molar-refractivity contribution >= 4 is 11.5 Å². The van der Waals surface area contributed by atoms with Gasteiger partial charge in [0.15, 0.2) is 0 Å². The van der Waals surface area contributed by atoms with Gasteiger partial charge in [-0.15, -0.1) is 5.10 Å². The first-order valence-electron chi connectivity index (χ1n) is 7.08. The molecule has 6 heteroatoms. The van der Waals surface area contributed by atoms with E-state index in [1.54, 1.807) is 12.4 Å². The highest BCUT2D eigenvalue weighted by atomic mass is 15.4. The van der Waals surface area contributed by atoms with Gasteiger partial charge in [0, 0.05) is 18.6 Å². The molecule has 2 aromatic heterocycles. The lowest BCUT2D eigenvalue weighted by Gasteiger charge is -2.32. The molecule has 0 aromatic carbocycles. The van der Waals surface area contributed by atoms with E-state index < -0.39 is 0 Å². The molecule has 2 aliphatic rings. The van der Waals surface area contributed by atoms with Crippen LogP contribution in [0.3, 0.4) is 0 Å². The van der Waals surface area contributed by atoms with Crippen LogP contribution in [-0.2, 0) is 0 Å². The molecule has 100 valence electrons. The Bertz CT molecular complexity index is 579. The third-order valence-corrected chi connectivity index (χ3v) is 4.39. The topological polar surface area (TPSA) is 58.4 Å².